The van der Waals surface area contributed by atoms with Crippen molar-refractivity contribution in [2.45, 2.75) is 43.8 Å². The van der Waals surface area contributed by atoms with E-state index in [1.165, 1.54) is 18.2 Å². The number of halogens is 3. The molecule has 0 aromatic heterocycles. The van der Waals surface area contributed by atoms with Crippen molar-refractivity contribution in [3.63, 3.8) is 0 Å². The molecule has 0 aliphatic carbocycles. The van der Waals surface area contributed by atoms with Crippen LogP contribution >= 0.6 is 0 Å². The molecule has 1 atom stereocenters. The lowest BCUT2D eigenvalue weighted by atomic mass is 9.72. The van der Waals surface area contributed by atoms with Crippen molar-refractivity contribution in [2.75, 3.05) is 25.9 Å². The van der Waals surface area contributed by atoms with Crippen LogP contribution in [0.2, 0.25) is 0 Å². The fraction of sp³-hybridized carbons (Fsp3) is 0.423. The van der Waals surface area contributed by atoms with E-state index in [-0.39, 0.29) is 17.0 Å². The van der Waals surface area contributed by atoms with Crippen molar-refractivity contribution in [3.05, 3.63) is 65.2 Å². The van der Waals surface area contributed by atoms with Gasteiger partial charge in [0, 0.05) is 18.4 Å². The molecule has 2 aromatic rings. The van der Waals surface area contributed by atoms with E-state index in [4.69, 9.17) is 5.73 Å². The predicted molar refractivity (Wildman–Crippen MR) is 139 cm³/mol. The van der Waals surface area contributed by atoms with Gasteiger partial charge in [0.05, 0.1) is 17.0 Å². The Morgan fingerprint density at radius 3 is 2.10 bits per heavy atom. The topological polar surface area (TPSA) is 147 Å². The molecule has 5 N–H and O–H groups in total. The molecule has 2 rings (SSSR count). The number of amides is 3. The third-order valence-corrected chi connectivity index (χ3v) is 7.38. The maximum Gasteiger partial charge on any atom is 0.416 e. The van der Waals surface area contributed by atoms with Gasteiger partial charge in [-0.25, -0.2) is 8.42 Å². The average molecular weight is 571 g/mol. The first-order valence-corrected chi connectivity index (χ1v) is 13.8. The second-order valence-corrected chi connectivity index (χ2v) is 12.2. The lowest BCUT2D eigenvalue weighted by molar-refractivity contribution is -0.137. The number of rotatable bonds is 11. The minimum atomic E-state index is -4.63. The van der Waals surface area contributed by atoms with Crippen LogP contribution in [0.15, 0.2) is 53.4 Å². The summed E-state index contributed by atoms with van der Waals surface area (Å²) in [6.45, 7) is 4.81. The highest BCUT2D eigenvalue weighted by Gasteiger charge is 2.48. The molecule has 0 fully saturated rings. The number of carbonyl (C=O) groups excluding carboxylic acids is 3. The quantitative estimate of drug-likeness (QED) is 0.304. The van der Waals surface area contributed by atoms with Crippen LogP contribution in [0.25, 0.3) is 0 Å². The van der Waals surface area contributed by atoms with E-state index in [1.807, 2.05) is 0 Å². The first kappa shape index (κ1) is 31.8. The Kier molecular flexibility index (Phi) is 9.91. The van der Waals surface area contributed by atoms with E-state index in [2.05, 4.69) is 16.0 Å². The molecule has 0 aliphatic heterocycles. The van der Waals surface area contributed by atoms with Crippen LogP contribution in [-0.2, 0) is 32.0 Å². The van der Waals surface area contributed by atoms with Crippen molar-refractivity contribution >= 4 is 27.6 Å². The normalized spacial score (nSPS) is 13.8. The van der Waals surface area contributed by atoms with E-state index in [0.717, 1.165) is 24.0 Å². The van der Waals surface area contributed by atoms with Gasteiger partial charge < -0.3 is 21.7 Å². The summed E-state index contributed by atoms with van der Waals surface area (Å²) in [5, 5.41) is 7.95. The first-order chi connectivity index (χ1) is 17.9. The molecule has 214 valence electrons. The van der Waals surface area contributed by atoms with Crippen LogP contribution < -0.4 is 21.7 Å². The van der Waals surface area contributed by atoms with Crippen LogP contribution in [0.4, 0.5) is 13.2 Å². The second-order valence-electron chi connectivity index (χ2n) is 10.2. The predicted octanol–water partition coefficient (Wildman–Crippen LogP) is 2.06. The standard InChI is InChI=1S/C26H33F3N4O5S/c1-24(2,3)25(23(30)36,16-31-13-12-17-8-10-20(11-9-17)39(4,37)38)33-21(34)15-32-22(35)18-6-5-7-19(14-18)26(27,28)29/h5-11,14,31H,12-13,15-16H2,1-4H3,(H2,30,36)(H,32,35)(H,33,34). The molecular weight excluding hydrogens is 537 g/mol. The number of sulfone groups is 1. The molecule has 0 heterocycles. The highest BCUT2D eigenvalue weighted by atomic mass is 32.2. The summed E-state index contributed by atoms with van der Waals surface area (Å²) in [5.74, 6) is -2.48. The fourth-order valence-corrected chi connectivity index (χ4v) is 4.44. The van der Waals surface area contributed by atoms with Crippen LogP contribution in [0.5, 0.6) is 0 Å². The van der Waals surface area contributed by atoms with E-state index < -0.39 is 56.8 Å². The van der Waals surface area contributed by atoms with Gasteiger partial charge in [0.1, 0.15) is 5.54 Å². The van der Waals surface area contributed by atoms with Crippen molar-refractivity contribution in [1.82, 2.24) is 16.0 Å². The second kappa shape index (κ2) is 12.2. The summed E-state index contributed by atoms with van der Waals surface area (Å²) in [6.07, 6.45) is -3.03. The molecule has 39 heavy (non-hydrogen) atoms. The molecule has 0 radical (unpaired) electrons. The van der Waals surface area contributed by atoms with Gasteiger partial charge in [0.25, 0.3) is 5.91 Å². The van der Waals surface area contributed by atoms with Gasteiger partial charge in [-0.15, -0.1) is 0 Å². The van der Waals surface area contributed by atoms with Gasteiger partial charge in [-0.2, -0.15) is 13.2 Å². The van der Waals surface area contributed by atoms with Gasteiger partial charge in [0.15, 0.2) is 9.84 Å². The molecule has 0 bridgehead atoms. The molecule has 1 unspecified atom stereocenters. The minimum absolute atomic E-state index is 0.0550. The minimum Gasteiger partial charge on any atom is -0.368 e. The lowest BCUT2D eigenvalue weighted by Crippen LogP contribution is -2.70. The highest BCUT2D eigenvalue weighted by Crippen LogP contribution is 2.31. The SMILES string of the molecule is CC(C)(C)C(CNCCc1ccc(S(C)(=O)=O)cc1)(NC(=O)CNC(=O)c1cccc(C(F)(F)F)c1)C(N)=O. The zero-order valence-corrected chi connectivity index (χ0v) is 22.9. The molecule has 0 saturated heterocycles. The third kappa shape index (κ3) is 8.52. The first-order valence-electron chi connectivity index (χ1n) is 11.9. The van der Waals surface area contributed by atoms with Crippen LogP contribution in [0, 0.1) is 5.41 Å². The number of carbonyl (C=O) groups is 3. The molecule has 3 amide bonds. The van der Waals surface area contributed by atoms with Crippen molar-refractivity contribution in [2.24, 2.45) is 11.1 Å². The molecule has 13 heteroatoms. The van der Waals surface area contributed by atoms with Crippen LogP contribution in [0.3, 0.4) is 0 Å². The summed E-state index contributed by atoms with van der Waals surface area (Å²) in [4.78, 5) is 37.9. The van der Waals surface area contributed by atoms with Crippen molar-refractivity contribution in [1.29, 1.82) is 0 Å². The number of hydrogen-bond acceptors (Lipinski definition) is 6. The Labute approximate surface area is 225 Å². The Bertz CT molecular complexity index is 1310. The number of benzene rings is 2. The Hall–Kier alpha value is -3.45. The van der Waals surface area contributed by atoms with Crippen LogP contribution in [-0.4, -0.2) is 57.6 Å². The number of hydrogen-bond donors (Lipinski definition) is 4. The smallest absolute Gasteiger partial charge is 0.368 e. The largest absolute Gasteiger partial charge is 0.416 e. The average Bonchev–Trinajstić information content (AvgIpc) is 2.82. The summed E-state index contributed by atoms with van der Waals surface area (Å²) in [6, 6.07) is 10.1. The van der Waals surface area contributed by atoms with E-state index in [0.29, 0.717) is 19.0 Å². The molecule has 0 spiro atoms. The van der Waals surface area contributed by atoms with Crippen molar-refractivity contribution in [3.8, 4) is 0 Å². The van der Waals surface area contributed by atoms with E-state index in [9.17, 15) is 36.0 Å². The van der Waals surface area contributed by atoms with Gasteiger partial charge in [-0.1, -0.05) is 39.0 Å². The van der Waals surface area contributed by atoms with Gasteiger partial charge >= 0.3 is 6.18 Å². The monoisotopic (exact) mass is 570 g/mol. The molecule has 9 nitrogen and oxygen atoms in total. The van der Waals surface area contributed by atoms with E-state index in [1.54, 1.807) is 32.9 Å². The van der Waals surface area contributed by atoms with Gasteiger partial charge in [0.2, 0.25) is 11.8 Å². The van der Waals surface area contributed by atoms with E-state index >= 15 is 0 Å². The van der Waals surface area contributed by atoms with Crippen LogP contribution in [0.1, 0.15) is 42.3 Å². The third-order valence-electron chi connectivity index (χ3n) is 6.25. The highest BCUT2D eigenvalue weighted by molar-refractivity contribution is 7.90. The summed E-state index contributed by atoms with van der Waals surface area (Å²) >= 11 is 0. The molecule has 2 aromatic carbocycles. The fourth-order valence-electron chi connectivity index (χ4n) is 3.81. The number of primary amides is 1. The van der Waals surface area contributed by atoms with Crippen molar-refractivity contribution < 1.29 is 36.0 Å². The zero-order chi connectivity index (χ0) is 29.6. The lowest BCUT2D eigenvalue weighted by Gasteiger charge is -2.43. The van der Waals surface area contributed by atoms with Gasteiger partial charge in [-0.3, -0.25) is 14.4 Å². The summed E-state index contributed by atoms with van der Waals surface area (Å²) in [7, 11) is -3.31. The Morgan fingerprint density at radius 1 is 0.974 bits per heavy atom. The Balaban J connectivity index is 2.04. The summed E-state index contributed by atoms with van der Waals surface area (Å²) in [5.41, 5.74) is 2.83. The number of alkyl halides is 3. The molecular formula is C26H33F3N4O5S. The maximum absolute atomic E-state index is 12.9. The zero-order valence-electron chi connectivity index (χ0n) is 22.1. The maximum atomic E-state index is 12.9. The number of nitrogens with two attached hydrogens (primary N) is 1. The Morgan fingerprint density at radius 2 is 1.59 bits per heavy atom. The number of nitrogens with one attached hydrogen (secondary N) is 3. The summed E-state index contributed by atoms with van der Waals surface area (Å²) < 4.78 is 62.0. The molecule has 0 aliphatic rings. The van der Waals surface area contributed by atoms with Gasteiger partial charge in [-0.05, 0) is 54.3 Å². The molecule has 0 saturated carbocycles.